The predicted molar refractivity (Wildman–Crippen MR) is 105 cm³/mol. The minimum Gasteiger partial charge on any atom is -0.369 e. The molecule has 2 aliphatic rings. The van der Waals surface area contributed by atoms with Crippen molar-refractivity contribution in [3.63, 3.8) is 0 Å². The molecule has 3 rings (SSSR count). The highest BCUT2D eigenvalue weighted by Gasteiger charge is 2.28. The van der Waals surface area contributed by atoms with Crippen molar-refractivity contribution in [3.8, 4) is 0 Å². The Bertz CT molecular complexity index is 598. The first kappa shape index (κ1) is 17.8. The van der Waals surface area contributed by atoms with E-state index in [2.05, 4.69) is 42.7 Å². The second-order valence-electron chi connectivity index (χ2n) is 8.05. The molecule has 1 aliphatic heterocycles. The molecule has 1 saturated heterocycles. The second kappa shape index (κ2) is 7.49. The van der Waals surface area contributed by atoms with Gasteiger partial charge in [0.05, 0.1) is 0 Å². The molecule has 0 spiro atoms. The van der Waals surface area contributed by atoms with Gasteiger partial charge < -0.3 is 4.90 Å². The van der Waals surface area contributed by atoms with Crippen LogP contribution in [0.3, 0.4) is 0 Å². The van der Waals surface area contributed by atoms with Crippen LogP contribution in [0.1, 0.15) is 46.5 Å². The van der Waals surface area contributed by atoms with E-state index in [1.54, 1.807) is 11.1 Å². The molecule has 0 atom stereocenters. The first-order valence-electron chi connectivity index (χ1n) is 9.38. The molecule has 0 saturated carbocycles. The summed E-state index contributed by atoms with van der Waals surface area (Å²) in [5.41, 5.74) is 5.05. The normalized spacial score (nSPS) is 22.1. The zero-order valence-electron chi connectivity index (χ0n) is 15.4. The molecule has 0 unspecified atom stereocenters. The van der Waals surface area contributed by atoms with E-state index in [4.69, 9.17) is 11.6 Å². The standard InChI is InChI=1S/C21H31ClN2/c1-17-6-5-10-21(2,3)20(17)9-11-23-12-14-24(15-13-23)19-8-4-7-18(22)16-19/h4,7-8,16H,5-6,9-15H2,1-3H3. The summed E-state index contributed by atoms with van der Waals surface area (Å²) in [6.07, 6.45) is 5.26. The number of benzene rings is 1. The van der Waals surface area contributed by atoms with Crippen molar-refractivity contribution in [2.45, 2.75) is 46.5 Å². The van der Waals surface area contributed by atoms with E-state index in [1.807, 2.05) is 12.1 Å². The van der Waals surface area contributed by atoms with Crippen LogP contribution in [0.25, 0.3) is 0 Å². The molecule has 0 radical (unpaired) electrons. The van der Waals surface area contributed by atoms with Crippen LogP contribution in [0.4, 0.5) is 5.69 Å². The van der Waals surface area contributed by atoms with E-state index in [0.29, 0.717) is 5.41 Å². The van der Waals surface area contributed by atoms with E-state index in [0.717, 1.165) is 31.2 Å². The lowest BCUT2D eigenvalue weighted by molar-refractivity contribution is 0.249. The predicted octanol–water partition coefficient (Wildman–Crippen LogP) is 5.38. The average molecular weight is 347 g/mol. The number of nitrogens with zero attached hydrogens (tertiary/aromatic N) is 2. The number of rotatable bonds is 4. The molecule has 1 aromatic rings. The van der Waals surface area contributed by atoms with E-state index in [-0.39, 0.29) is 0 Å². The molecule has 1 fully saturated rings. The summed E-state index contributed by atoms with van der Waals surface area (Å²) < 4.78 is 0. The van der Waals surface area contributed by atoms with Crippen LogP contribution < -0.4 is 4.90 Å². The Balaban J connectivity index is 1.53. The topological polar surface area (TPSA) is 6.48 Å². The van der Waals surface area contributed by atoms with E-state index in [1.165, 1.54) is 37.9 Å². The van der Waals surface area contributed by atoms with Gasteiger partial charge in [-0.3, -0.25) is 4.90 Å². The maximum atomic E-state index is 6.13. The van der Waals surface area contributed by atoms with Crippen LogP contribution in [0, 0.1) is 5.41 Å². The smallest absolute Gasteiger partial charge is 0.0426 e. The monoisotopic (exact) mass is 346 g/mol. The van der Waals surface area contributed by atoms with Gasteiger partial charge in [-0.05, 0) is 56.2 Å². The Hall–Kier alpha value is -0.990. The van der Waals surface area contributed by atoms with Gasteiger partial charge in [0.25, 0.3) is 0 Å². The van der Waals surface area contributed by atoms with Crippen molar-refractivity contribution in [1.82, 2.24) is 4.90 Å². The molecule has 1 aromatic carbocycles. The molecular weight excluding hydrogens is 316 g/mol. The van der Waals surface area contributed by atoms with Gasteiger partial charge >= 0.3 is 0 Å². The second-order valence-corrected chi connectivity index (χ2v) is 8.49. The third-order valence-corrected chi connectivity index (χ3v) is 6.14. The van der Waals surface area contributed by atoms with Gasteiger partial charge in [-0.25, -0.2) is 0 Å². The molecule has 132 valence electrons. The summed E-state index contributed by atoms with van der Waals surface area (Å²) in [4.78, 5) is 5.09. The fraction of sp³-hybridized carbons (Fsp3) is 0.619. The number of allylic oxidation sites excluding steroid dienone is 1. The number of hydrogen-bond acceptors (Lipinski definition) is 2. The van der Waals surface area contributed by atoms with Gasteiger partial charge in [-0.2, -0.15) is 0 Å². The molecule has 0 bridgehead atoms. The van der Waals surface area contributed by atoms with E-state index in [9.17, 15) is 0 Å². The molecule has 24 heavy (non-hydrogen) atoms. The lowest BCUT2D eigenvalue weighted by Gasteiger charge is -2.39. The minimum atomic E-state index is 0.408. The van der Waals surface area contributed by atoms with Gasteiger partial charge in [0.2, 0.25) is 0 Å². The van der Waals surface area contributed by atoms with Gasteiger partial charge in [-0.15, -0.1) is 0 Å². The largest absolute Gasteiger partial charge is 0.369 e. The fourth-order valence-corrected chi connectivity index (χ4v) is 4.58. The van der Waals surface area contributed by atoms with Gasteiger partial charge in [0.15, 0.2) is 0 Å². The van der Waals surface area contributed by atoms with Crippen molar-refractivity contribution in [2.24, 2.45) is 5.41 Å². The Labute approximate surface area is 152 Å². The first-order valence-corrected chi connectivity index (χ1v) is 9.75. The summed E-state index contributed by atoms with van der Waals surface area (Å²) in [6.45, 7) is 12.9. The number of hydrogen-bond donors (Lipinski definition) is 0. The molecule has 1 heterocycles. The quantitative estimate of drug-likeness (QED) is 0.675. The van der Waals surface area contributed by atoms with Crippen LogP contribution >= 0.6 is 11.6 Å². The highest BCUT2D eigenvalue weighted by Crippen LogP contribution is 2.41. The third-order valence-electron chi connectivity index (χ3n) is 5.91. The third kappa shape index (κ3) is 4.15. The molecular formula is C21H31ClN2. The first-order chi connectivity index (χ1) is 11.5. The Morgan fingerprint density at radius 3 is 2.54 bits per heavy atom. The maximum Gasteiger partial charge on any atom is 0.0426 e. The lowest BCUT2D eigenvalue weighted by atomic mass is 9.71. The maximum absolute atomic E-state index is 6.13. The van der Waals surface area contributed by atoms with E-state index < -0.39 is 0 Å². The molecule has 0 aromatic heterocycles. The molecule has 1 aliphatic carbocycles. The summed E-state index contributed by atoms with van der Waals surface area (Å²) in [5, 5.41) is 0.830. The number of piperazine rings is 1. The average Bonchev–Trinajstić information content (AvgIpc) is 2.54. The van der Waals surface area contributed by atoms with Crippen LogP contribution in [-0.4, -0.2) is 37.6 Å². The molecule has 3 heteroatoms. The van der Waals surface area contributed by atoms with Crippen LogP contribution in [0.5, 0.6) is 0 Å². The Kier molecular flexibility index (Phi) is 5.56. The van der Waals surface area contributed by atoms with Gasteiger partial charge in [0.1, 0.15) is 0 Å². The molecule has 0 amide bonds. The number of halogens is 1. The van der Waals surface area contributed by atoms with Crippen LogP contribution in [0.15, 0.2) is 35.4 Å². The fourth-order valence-electron chi connectivity index (χ4n) is 4.40. The zero-order chi connectivity index (χ0) is 17.2. The van der Waals surface area contributed by atoms with Gasteiger partial charge in [-0.1, -0.05) is 42.7 Å². The van der Waals surface area contributed by atoms with E-state index >= 15 is 0 Å². The molecule has 0 N–H and O–H groups in total. The lowest BCUT2D eigenvalue weighted by Crippen LogP contribution is -2.46. The summed E-state index contributed by atoms with van der Waals surface area (Å²) >= 11 is 6.13. The summed E-state index contributed by atoms with van der Waals surface area (Å²) in [5.74, 6) is 0. The number of anilines is 1. The van der Waals surface area contributed by atoms with Crippen molar-refractivity contribution in [2.75, 3.05) is 37.6 Å². The van der Waals surface area contributed by atoms with Gasteiger partial charge in [0, 0.05) is 43.4 Å². The zero-order valence-corrected chi connectivity index (χ0v) is 16.2. The SMILES string of the molecule is CC1=C(CCN2CCN(c3cccc(Cl)c3)CC2)C(C)(C)CCC1. The summed E-state index contributed by atoms with van der Waals surface area (Å²) in [6, 6.07) is 8.24. The van der Waals surface area contributed by atoms with Crippen molar-refractivity contribution in [1.29, 1.82) is 0 Å². The minimum absolute atomic E-state index is 0.408. The Morgan fingerprint density at radius 1 is 1.12 bits per heavy atom. The van der Waals surface area contributed by atoms with Crippen molar-refractivity contribution in [3.05, 3.63) is 40.4 Å². The highest BCUT2D eigenvalue weighted by molar-refractivity contribution is 6.30. The van der Waals surface area contributed by atoms with Crippen molar-refractivity contribution < 1.29 is 0 Å². The van der Waals surface area contributed by atoms with Crippen LogP contribution in [0.2, 0.25) is 5.02 Å². The van der Waals surface area contributed by atoms with Crippen LogP contribution in [-0.2, 0) is 0 Å². The summed E-state index contributed by atoms with van der Waals surface area (Å²) in [7, 11) is 0. The highest BCUT2D eigenvalue weighted by atomic mass is 35.5. The van der Waals surface area contributed by atoms with Crippen molar-refractivity contribution >= 4 is 17.3 Å². The molecule has 2 nitrogen and oxygen atoms in total. The Morgan fingerprint density at radius 2 is 1.88 bits per heavy atom.